The van der Waals surface area contributed by atoms with Crippen molar-refractivity contribution in [2.75, 3.05) is 0 Å². The average Bonchev–Trinajstić information content (AvgIpc) is 2.37. The molecular formula is C12H12BrN3O3S. The summed E-state index contributed by atoms with van der Waals surface area (Å²) in [7, 11) is 1.59. The number of aryl methyl sites for hydroxylation is 1. The lowest BCUT2D eigenvalue weighted by atomic mass is 10.1. The minimum atomic E-state index is -0.832. The number of aliphatic hydroxyl groups is 1. The van der Waals surface area contributed by atoms with Crippen LogP contribution in [0.5, 0.6) is 0 Å². The van der Waals surface area contributed by atoms with Gasteiger partial charge in [-0.25, -0.2) is 0 Å². The summed E-state index contributed by atoms with van der Waals surface area (Å²) in [6.45, 7) is 1.66. The van der Waals surface area contributed by atoms with Crippen molar-refractivity contribution in [3.63, 3.8) is 0 Å². The quantitative estimate of drug-likeness (QED) is 0.811. The molecule has 0 bridgehead atoms. The third-order valence-electron chi connectivity index (χ3n) is 2.57. The maximum absolute atomic E-state index is 11.3. The highest BCUT2D eigenvalue weighted by molar-refractivity contribution is 9.10. The monoisotopic (exact) mass is 357 g/mol. The number of aromatic amines is 1. The van der Waals surface area contributed by atoms with Gasteiger partial charge in [-0.05, 0) is 42.4 Å². The van der Waals surface area contributed by atoms with Crippen LogP contribution in [0, 0.1) is 0 Å². The molecule has 1 heterocycles. The normalized spacial score (nSPS) is 12.4. The van der Waals surface area contributed by atoms with Crippen molar-refractivity contribution in [1.29, 1.82) is 0 Å². The molecule has 0 aliphatic rings. The number of hydrogen-bond donors (Lipinski definition) is 2. The molecule has 2 aromatic rings. The minimum absolute atomic E-state index is 0.346. The highest BCUT2D eigenvalue weighted by Crippen LogP contribution is 2.33. The SMILES string of the molecule is CC(O)c1cc(Br)ccc1Sc1nc(=O)c(=O)[nH]n1C. The molecule has 2 N–H and O–H groups in total. The summed E-state index contributed by atoms with van der Waals surface area (Å²) in [5, 5.41) is 12.5. The van der Waals surface area contributed by atoms with Crippen LogP contribution >= 0.6 is 27.7 Å². The summed E-state index contributed by atoms with van der Waals surface area (Å²) >= 11 is 4.55. The highest BCUT2D eigenvalue weighted by atomic mass is 79.9. The van der Waals surface area contributed by atoms with Crippen LogP contribution in [0.4, 0.5) is 0 Å². The fraction of sp³-hybridized carbons (Fsp3) is 0.250. The number of H-pyrrole nitrogens is 1. The van der Waals surface area contributed by atoms with Gasteiger partial charge in [0.1, 0.15) is 0 Å². The van der Waals surface area contributed by atoms with Crippen LogP contribution in [0.25, 0.3) is 0 Å². The number of halogens is 1. The number of rotatable bonds is 3. The van der Waals surface area contributed by atoms with Gasteiger partial charge < -0.3 is 5.11 Å². The molecule has 1 unspecified atom stereocenters. The molecule has 0 aliphatic heterocycles. The van der Waals surface area contributed by atoms with Crippen molar-refractivity contribution in [1.82, 2.24) is 14.8 Å². The van der Waals surface area contributed by atoms with E-state index in [4.69, 9.17) is 0 Å². The summed E-state index contributed by atoms with van der Waals surface area (Å²) in [5.74, 6) is 0. The van der Waals surface area contributed by atoms with Crippen LogP contribution in [0.2, 0.25) is 0 Å². The molecule has 106 valence electrons. The van der Waals surface area contributed by atoms with E-state index in [9.17, 15) is 14.7 Å². The van der Waals surface area contributed by atoms with Gasteiger partial charge in [0.2, 0.25) is 0 Å². The maximum Gasteiger partial charge on any atom is 0.339 e. The van der Waals surface area contributed by atoms with Crippen molar-refractivity contribution in [2.24, 2.45) is 7.05 Å². The molecule has 0 amide bonds. The van der Waals surface area contributed by atoms with Crippen molar-refractivity contribution < 1.29 is 5.11 Å². The van der Waals surface area contributed by atoms with Gasteiger partial charge in [-0.2, -0.15) is 4.98 Å². The van der Waals surface area contributed by atoms with E-state index < -0.39 is 17.2 Å². The lowest BCUT2D eigenvalue weighted by Crippen LogP contribution is -2.33. The first-order valence-electron chi connectivity index (χ1n) is 5.71. The Kier molecular flexibility index (Phi) is 4.46. The molecule has 0 radical (unpaired) electrons. The van der Waals surface area contributed by atoms with Crippen molar-refractivity contribution >= 4 is 27.7 Å². The van der Waals surface area contributed by atoms with Gasteiger partial charge in [-0.3, -0.25) is 19.4 Å². The van der Waals surface area contributed by atoms with Gasteiger partial charge in [0.15, 0.2) is 5.16 Å². The second kappa shape index (κ2) is 5.94. The summed E-state index contributed by atoms with van der Waals surface area (Å²) in [4.78, 5) is 27.0. The Balaban J connectivity index is 2.47. The molecule has 1 aromatic heterocycles. The zero-order valence-corrected chi connectivity index (χ0v) is 13.2. The van der Waals surface area contributed by atoms with E-state index in [1.807, 2.05) is 12.1 Å². The average molecular weight is 358 g/mol. The smallest absolute Gasteiger partial charge is 0.339 e. The van der Waals surface area contributed by atoms with Gasteiger partial charge >= 0.3 is 11.1 Å². The second-order valence-corrected chi connectivity index (χ2v) is 6.08. The number of nitrogens with one attached hydrogen (secondary N) is 1. The molecule has 6 nitrogen and oxygen atoms in total. The Hall–Kier alpha value is -1.38. The topological polar surface area (TPSA) is 88.0 Å². The van der Waals surface area contributed by atoms with Gasteiger partial charge in [0, 0.05) is 16.4 Å². The molecule has 0 saturated heterocycles. The Morgan fingerprint density at radius 1 is 1.45 bits per heavy atom. The standard InChI is InChI=1S/C12H12BrN3O3S/c1-6(17)8-5-7(13)3-4-9(8)20-12-14-10(18)11(19)15-16(12)2/h3-6,17H,1-2H3,(H,15,19). The van der Waals surface area contributed by atoms with E-state index in [0.717, 1.165) is 9.37 Å². The first-order valence-corrected chi connectivity index (χ1v) is 7.32. The van der Waals surface area contributed by atoms with Crippen LogP contribution in [0.1, 0.15) is 18.6 Å². The lowest BCUT2D eigenvalue weighted by Gasteiger charge is -2.12. The van der Waals surface area contributed by atoms with E-state index in [0.29, 0.717) is 10.7 Å². The van der Waals surface area contributed by atoms with Crippen LogP contribution in [-0.2, 0) is 7.05 Å². The fourth-order valence-corrected chi connectivity index (χ4v) is 2.96. The molecule has 20 heavy (non-hydrogen) atoms. The van der Waals surface area contributed by atoms with E-state index in [2.05, 4.69) is 26.0 Å². The van der Waals surface area contributed by atoms with Crippen molar-refractivity contribution in [3.8, 4) is 0 Å². The molecule has 0 aliphatic carbocycles. The molecule has 0 fully saturated rings. The van der Waals surface area contributed by atoms with Crippen molar-refractivity contribution in [2.45, 2.75) is 23.1 Å². The highest BCUT2D eigenvalue weighted by Gasteiger charge is 2.13. The van der Waals surface area contributed by atoms with Crippen LogP contribution < -0.4 is 11.1 Å². The second-order valence-electron chi connectivity index (χ2n) is 4.16. The van der Waals surface area contributed by atoms with E-state index >= 15 is 0 Å². The molecule has 1 atom stereocenters. The van der Waals surface area contributed by atoms with Gasteiger partial charge in [0.25, 0.3) is 0 Å². The van der Waals surface area contributed by atoms with E-state index in [1.54, 1.807) is 20.0 Å². The van der Waals surface area contributed by atoms with Gasteiger partial charge in [0.05, 0.1) is 6.10 Å². The van der Waals surface area contributed by atoms with Crippen LogP contribution in [0.15, 0.2) is 42.3 Å². The van der Waals surface area contributed by atoms with E-state index in [-0.39, 0.29) is 0 Å². The number of hydrogen-bond acceptors (Lipinski definition) is 5. The number of aliphatic hydroxyl groups excluding tert-OH is 1. The Morgan fingerprint density at radius 2 is 2.15 bits per heavy atom. The summed E-state index contributed by atoms with van der Waals surface area (Å²) in [5.41, 5.74) is -0.880. The lowest BCUT2D eigenvalue weighted by molar-refractivity contribution is 0.196. The maximum atomic E-state index is 11.3. The van der Waals surface area contributed by atoms with Crippen LogP contribution in [0.3, 0.4) is 0 Å². The first-order chi connectivity index (χ1) is 9.38. The van der Waals surface area contributed by atoms with Crippen LogP contribution in [-0.4, -0.2) is 19.9 Å². The van der Waals surface area contributed by atoms with Gasteiger partial charge in [-0.1, -0.05) is 15.9 Å². The third kappa shape index (κ3) is 3.20. The Labute approximate surface area is 127 Å². The summed E-state index contributed by atoms with van der Waals surface area (Å²) in [6, 6.07) is 5.45. The number of aromatic nitrogens is 3. The predicted molar refractivity (Wildman–Crippen MR) is 79.0 cm³/mol. The summed E-state index contributed by atoms with van der Waals surface area (Å²) in [6.07, 6.45) is -0.658. The molecule has 2 rings (SSSR count). The van der Waals surface area contributed by atoms with E-state index in [1.165, 1.54) is 16.4 Å². The zero-order valence-electron chi connectivity index (χ0n) is 10.8. The number of nitrogens with zero attached hydrogens (tertiary/aromatic N) is 2. The molecule has 8 heteroatoms. The summed E-state index contributed by atoms with van der Waals surface area (Å²) < 4.78 is 2.23. The van der Waals surface area contributed by atoms with Gasteiger partial charge in [-0.15, -0.1) is 0 Å². The predicted octanol–water partition coefficient (Wildman–Crippen LogP) is 1.44. The Morgan fingerprint density at radius 3 is 2.80 bits per heavy atom. The minimum Gasteiger partial charge on any atom is -0.389 e. The third-order valence-corrected chi connectivity index (χ3v) is 4.20. The fourth-order valence-electron chi connectivity index (χ4n) is 1.59. The first kappa shape index (κ1) is 15.0. The molecule has 0 spiro atoms. The largest absolute Gasteiger partial charge is 0.389 e. The van der Waals surface area contributed by atoms with Crippen molar-refractivity contribution in [3.05, 3.63) is 48.9 Å². The molecule has 0 saturated carbocycles. The molecule has 1 aromatic carbocycles. The Bertz CT molecular complexity index is 754. The molecular weight excluding hydrogens is 346 g/mol. The number of benzene rings is 1. The zero-order chi connectivity index (χ0) is 14.9.